The molecule has 0 aliphatic heterocycles. The fraction of sp³-hybridized carbons (Fsp3) is 0.0714. The van der Waals surface area contributed by atoms with Crippen molar-refractivity contribution in [2.75, 3.05) is 0 Å². The molecule has 0 saturated heterocycles. The van der Waals surface area contributed by atoms with Crippen molar-refractivity contribution in [1.29, 1.82) is 0 Å². The fourth-order valence-electron chi connectivity index (χ4n) is 1.52. The van der Waals surface area contributed by atoms with Crippen LogP contribution in [0.4, 0.5) is 0 Å². The zero-order valence-electron chi connectivity index (χ0n) is 10.2. The highest BCUT2D eigenvalue weighted by molar-refractivity contribution is 9.10. The van der Waals surface area contributed by atoms with Gasteiger partial charge in [0.15, 0.2) is 0 Å². The van der Waals surface area contributed by atoms with E-state index in [0.29, 0.717) is 12.4 Å². The van der Waals surface area contributed by atoms with Gasteiger partial charge in [-0.25, -0.2) is 4.79 Å². The average molecular weight is 418 g/mol. The van der Waals surface area contributed by atoms with E-state index in [1.807, 2.05) is 29.6 Å². The molecule has 2 rings (SSSR count). The molecule has 0 aliphatic rings. The molecule has 6 heteroatoms. The number of thiophene rings is 1. The van der Waals surface area contributed by atoms with Crippen LogP contribution in [0.5, 0.6) is 5.75 Å². The molecule has 0 atom stereocenters. The third kappa shape index (κ3) is 4.47. The van der Waals surface area contributed by atoms with E-state index in [4.69, 9.17) is 9.84 Å². The second kappa shape index (κ2) is 7.06. The first-order valence-electron chi connectivity index (χ1n) is 5.61. The van der Waals surface area contributed by atoms with E-state index in [1.165, 1.54) is 6.08 Å². The summed E-state index contributed by atoms with van der Waals surface area (Å²) in [5.41, 5.74) is 0.720. The molecule has 20 heavy (non-hydrogen) atoms. The lowest BCUT2D eigenvalue weighted by atomic mass is 10.2. The molecule has 3 nitrogen and oxygen atoms in total. The molecule has 104 valence electrons. The lowest BCUT2D eigenvalue weighted by Crippen LogP contribution is -1.95. The van der Waals surface area contributed by atoms with Crippen LogP contribution in [0.25, 0.3) is 6.08 Å². The first-order valence-corrected chi connectivity index (χ1v) is 8.07. The van der Waals surface area contributed by atoms with Gasteiger partial charge in [-0.1, -0.05) is 15.9 Å². The normalized spacial score (nSPS) is 10.9. The third-order valence-corrected chi connectivity index (χ3v) is 4.53. The van der Waals surface area contributed by atoms with Gasteiger partial charge in [0.25, 0.3) is 0 Å². The van der Waals surface area contributed by atoms with Gasteiger partial charge in [0.05, 0.1) is 0 Å². The molecule has 2 aromatic rings. The molecule has 1 N–H and O–H groups in total. The Labute approximate surface area is 137 Å². The molecule has 0 fully saturated rings. The van der Waals surface area contributed by atoms with Crippen LogP contribution < -0.4 is 4.74 Å². The van der Waals surface area contributed by atoms with Crippen molar-refractivity contribution in [1.82, 2.24) is 0 Å². The lowest BCUT2D eigenvalue weighted by molar-refractivity contribution is -0.131. The Morgan fingerprint density at radius 1 is 1.30 bits per heavy atom. The molecule has 0 spiro atoms. The fourth-order valence-corrected chi connectivity index (χ4v) is 3.26. The van der Waals surface area contributed by atoms with Crippen LogP contribution >= 0.6 is 43.2 Å². The van der Waals surface area contributed by atoms with E-state index in [1.54, 1.807) is 11.3 Å². The Bertz CT molecular complexity index is 650. The van der Waals surface area contributed by atoms with E-state index >= 15 is 0 Å². The Kier molecular flexibility index (Phi) is 5.39. The topological polar surface area (TPSA) is 46.5 Å². The summed E-state index contributed by atoms with van der Waals surface area (Å²) in [6.45, 7) is 0.450. The van der Waals surface area contributed by atoms with Crippen molar-refractivity contribution in [2.45, 2.75) is 6.61 Å². The third-order valence-electron chi connectivity index (χ3n) is 2.37. The second-order valence-electron chi connectivity index (χ2n) is 3.87. The Hall–Kier alpha value is -1.11. The predicted molar refractivity (Wildman–Crippen MR) is 87.2 cm³/mol. The van der Waals surface area contributed by atoms with Crippen LogP contribution in [0.3, 0.4) is 0 Å². The molecule has 0 saturated carbocycles. The van der Waals surface area contributed by atoms with Gasteiger partial charge in [0, 0.05) is 30.8 Å². The van der Waals surface area contributed by atoms with Gasteiger partial charge < -0.3 is 9.84 Å². The molecule has 0 amide bonds. The number of hydrogen-bond donors (Lipinski definition) is 1. The van der Waals surface area contributed by atoms with Crippen molar-refractivity contribution >= 4 is 55.2 Å². The minimum atomic E-state index is -0.988. The highest BCUT2D eigenvalue weighted by Crippen LogP contribution is 2.27. The summed E-state index contributed by atoms with van der Waals surface area (Å²) in [6, 6.07) is 7.49. The van der Waals surface area contributed by atoms with Gasteiger partial charge in [0.1, 0.15) is 12.4 Å². The number of aliphatic carboxylic acids is 1. The molecule has 0 aliphatic carbocycles. The number of halogens is 2. The Morgan fingerprint density at radius 3 is 2.75 bits per heavy atom. The lowest BCUT2D eigenvalue weighted by Gasteiger charge is -2.08. The number of carboxylic acid groups (broad SMARTS) is 1. The van der Waals surface area contributed by atoms with Crippen molar-refractivity contribution < 1.29 is 14.6 Å². The molecular formula is C14H10Br2O3S. The van der Waals surface area contributed by atoms with Crippen LogP contribution in [0.2, 0.25) is 0 Å². The number of benzene rings is 1. The van der Waals surface area contributed by atoms with Crippen LogP contribution in [-0.2, 0) is 11.4 Å². The summed E-state index contributed by atoms with van der Waals surface area (Å²) in [5.74, 6) is -0.340. The summed E-state index contributed by atoms with van der Waals surface area (Å²) in [7, 11) is 0. The number of carboxylic acids is 1. The SMILES string of the molecule is O=C(O)C=Cc1cc(Br)ccc1OCc1cc(Br)cs1. The molecule has 0 bridgehead atoms. The largest absolute Gasteiger partial charge is 0.487 e. The van der Waals surface area contributed by atoms with Crippen molar-refractivity contribution in [2.24, 2.45) is 0 Å². The summed E-state index contributed by atoms with van der Waals surface area (Å²) in [5, 5.41) is 10.7. The molecule has 1 aromatic heterocycles. The van der Waals surface area contributed by atoms with Crippen molar-refractivity contribution in [3.05, 3.63) is 55.1 Å². The van der Waals surface area contributed by atoms with Crippen molar-refractivity contribution in [3.8, 4) is 5.75 Å². The zero-order chi connectivity index (χ0) is 14.5. The highest BCUT2D eigenvalue weighted by Gasteiger charge is 2.05. The summed E-state index contributed by atoms with van der Waals surface area (Å²) < 4.78 is 7.65. The molecule has 1 heterocycles. The van der Waals surface area contributed by atoms with Crippen LogP contribution in [0.1, 0.15) is 10.4 Å². The summed E-state index contributed by atoms with van der Waals surface area (Å²) >= 11 is 8.36. The van der Waals surface area contributed by atoms with E-state index in [0.717, 1.165) is 25.5 Å². The van der Waals surface area contributed by atoms with Gasteiger partial charge in [-0.3, -0.25) is 0 Å². The number of rotatable bonds is 5. The first kappa shape index (κ1) is 15.3. The zero-order valence-corrected chi connectivity index (χ0v) is 14.2. The quantitative estimate of drug-likeness (QED) is 0.700. The number of ether oxygens (including phenoxy) is 1. The van der Waals surface area contributed by atoms with E-state index in [9.17, 15) is 4.79 Å². The number of hydrogen-bond acceptors (Lipinski definition) is 3. The second-order valence-corrected chi connectivity index (χ2v) is 6.70. The number of carbonyl (C=O) groups is 1. The van der Waals surface area contributed by atoms with Crippen molar-refractivity contribution in [3.63, 3.8) is 0 Å². The van der Waals surface area contributed by atoms with Gasteiger partial charge in [-0.2, -0.15) is 0 Å². The molecular weight excluding hydrogens is 408 g/mol. The smallest absolute Gasteiger partial charge is 0.328 e. The van der Waals surface area contributed by atoms with E-state index < -0.39 is 5.97 Å². The minimum Gasteiger partial charge on any atom is -0.487 e. The van der Waals surface area contributed by atoms with Crippen LogP contribution in [-0.4, -0.2) is 11.1 Å². The maximum absolute atomic E-state index is 10.6. The van der Waals surface area contributed by atoms with Crippen LogP contribution in [0.15, 0.2) is 44.7 Å². The van der Waals surface area contributed by atoms with E-state index in [2.05, 4.69) is 31.9 Å². The summed E-state index contributed by atoms with van der Waals surface area (Å²) in [6.07, 6.45) is 2.61. The van der Waals surface area contributed by atoms with E-state index in [-0.39, 0.29) is 0 Å². The van der Waals surface area contributed by atoms with Crippen LogP contribution in [0, 0.1) is 0 Å². The standard InChI is InChI=1S/C14H10Br2O3S/c15-10-2-3-13(9(5-10)1-4-14(17)18)19-7-12-6-11(16)8-20-12/h1-6,8H,7H2,(H,17,18). The predicted octanol–water partition coefficient (Wildman–Crippen LogP) is 4.95. The maximum atomic E-state index is 10.6. The maximum Gasteiger partial charge on any atom is 0.328 e. The minimum absolute atomic E-state index is 0.450. The van der Waals surface area contributed by atoms with Gasteiger partial charge >= 0.3 is 5.97 Å². The van der Waals surface area contributed by atoms with Gasteiger partial charge in [0.2, 0.25) is 0 Å². The first-order chi connectivity index (χ1) is 9.54. The Morgan fingerprint density at radius 2 is 2.10 bits per heavy atom. The van der Waals surface area contributed by atoms with Gasteiger partial charge in [-0.15, -0.1) is 11.3 Å². The highest BCUT2D eigenvalue weighted by atomic mass is 79.9. The van der Waals surface area contributed by atoms with Gasteiger partial charge in [-0.05, 0) is 46.3 Å². The molecule has 0 radical (unpaired) electrons. The Balaban J connectivity index is 2.15. The monoisotopic (exact) mass is 416 g/mol. The average Bonchev–Trinajstić information content (AvgIpc) is 2.81. The molecule has 0 unspecified atom stereocenters. The summed E-state index contributed by atoms with van der Waals surface area (Å²) in [4.78, 5) is 11.7. The molecule has 1 aromatic carbocycles.